The van der Waals surface area contributed by atoms with E-state index in [1.54, 1.807) is 7.11 Å². The van der Waals surface area contributed by atoms with Gasteiger partial charge < -0.3 is 9.64 Å². The van der Waals surface area contributed by atoms with Crippen molar-refractivity contribution >= 4 is 22.5 Å². The summed E-state index contributed by atoms with van der Waals surface area (Å²) < 4.78 is 7.51. The third kappa shape index (κ3) is 3.31. The van der Waals surface area contributed by atoms with Crippen LogP contribution in [0.2, 0.25) is 0 Å². The third-order valence-corrected chi connectivity index (χ3v) is 6.69. The number of methoxy groups -OCH3 is 1. The van der Waals surface area contributed by atoms with Crippen LogP contribution in [0.15, 0.2) is 24.3 Å². The highest BCUT2D eigenvalue weighted by atomic mass is 16.5. The summed E-state index contributed by atoms with van der Waals surface area (Å²) >= 11 is 0. The molecule has 31 heavy (non-hydrogen) atoms. The summed E-state index contributed by atoms with van der Waals surface area (Å²) in [4.78, 5) is 9.69. The average Bonchev–Trinajstić information content (AvgIpc) is 3.20. The van der Waals surface area contributed by atoms with Crippen LogP contribution in [0.25, 0.3) is 16.7 Å². The van der Waals surface area contributed by atoms with Gasteiger partial charge in [-0.05, 0) is 37.0 Å². The molecule has 2 aromatic heterocycles. The highest BCUT2D eigenvalue weighted by molar-refractivity contribution is 5.86. The Morgan fingerprint density at radius 3 is 2.68 bits per heavy atom. The minimum Gasteiger partial charge on any atom is -0.383 e. The van der Waals surface area contributed by atoms with Gasteiger partial charge in [0.25, 0.3) is 0 Å². The zero-order valence-electron chi connectivity index (χ0n) is 17.8. The molecule has 0 radical (unpaired) electrons. The highest BCUT2D eigenvalue weighted by Crippen LogP contribution is 2.37. The van der Waals surface area contributed by atoms with Crippen LogP contribution < -0.4 is 4.90 Å². The maximum atomic E-state index is 10.1. The Bertz CT molecular complexity index is 1210. The summed E-state index contributed by atoms with van der Waals surface area (Å²) in [6.07, 6.45) is 2.57. The molecule has 3 aromatic rings. The van der Waals surface area contributed by atoms with Gasteiger partial charge in [-0.3, -0.25) is 9.30 Å². The van der Waals surface area contributed by atoms with Crippen molar-refractivity contribution in [2.24, 2.45) is 5.92 Å². The monoisotopic (exact) mass is 414 g/mol. The van der Waals surface area contributed by atoms with Gasteiger partial charge in [0.15, 0.2) is 5.65 Å². The molecule has 0 saturated carbocycles. The summed E-state index contributed by atoms with van der Waals surface area (Å²) in [5, 5.41) is 19.5. The second-order valence-electron chi connectivity index (χ2n) is 8.44. The molecule has 0 atom stereocenters. The lowest BCUT2D eigenvalue weighted by Crippen LogP contribution is -2.39. The molecule has 4 heterocycles. The number of fused-ring (bicyclic) bond motifs is 4. The lowest BCUT2D eigenvalue weighted by Gasteiger charge is -2.37. The third-order valence-electron chi connectivity index (χ3n) is 6.69. The fraction of sp³-hybridized carbons (Fsp3) is 0.458. The van der Waals surface area contributed by atoms with Gasteiger partial charge in [0.05, 0.1) is 29.3 Å². The predicted octanol–water partition coefficient (Wildman–Crippen LogP) is 3.10. The molecule has 0 unspecified atom stereocenters. The van der Waals surface area contributed by atoms with Crippen molar-refractivity contribution in [1.29, 1.82) is 10.5 Å². The normalized spacial score (nSPS) is 17.6. The molecule has 0 N–H and O–H groups in total. The number of imidazole rings is 1. The summed E-state index contributed by atoms with van der Waals surface area (Å²) in [6.45, 7) is 4.96. The van der Waals surface area contributed by atoms with E-state index in [1.807, 2.05) is 18.2 Å². The lowest BCUT2D eigenvalue weighted by atomic mass is 9.93. The van der Waals surface area contributed by atoms with Crippen molar-refractivity contribution in [3.63, 3.8) is 0 Å². The molecule has 2 aliphatic heterocycles. The second kappa shape index (κ2) is 8.19. The number of nitrogens with zero attached hydrogens (tertiary/aromatic N) is 6. The highest BCUT2D eigenvalue weighted by Gasteiger charge is 2.31. The molecule has 7 nitrogen and oxygen atoms in total. The van der Waals surface area contributed by atoms with Crippen molar-refractivity contribution in [2.45, 2.75) is 25.8 Å². The summed E-state index contributed by atoms with van der Waals surface area (Å²) in [5.74, 6) is 1.27. The van der Waals surface area contributed by atoms with Crippen LogP contribution >= 0.6 is 0 Å². The van der Waals surface area contributed by atoms with Gasteiger partial charge in [0, 0.05) is 51.3 Å². The SMILES string of the molecule is COCCN1CCc2c(c(N3CCC(C#N)CC3)n3c(nc4ccccc43)c2C#N)C1. The van der Waals surface area contributed by atoms with E-state index in [2.05, 4.69) is 32.4 Å². The van der Waals surface area contributed by atoms with Crippen LogP contribution in [0, 0.1) is 28.6 Å². The molecule has 7 heteroatoms. The maximum absolute atomic E-state index is 10.1. The molecule has 2 aliphatic rings. The second-order valence-corrected chi connectivity index (χ2v) is 8.44. The Labute approximate surface area is 182 Å². The van der Waals surface area contributed by atoms with Crippen LogP contribution in [0.1, 0.15) is 29.5 Å². The number of para-hydroxylation sites is 2. The van der Waals surface area contributed by atoms with Crippen LogP contribution in [0.4, 0.5) is 5.82 Å². The van der Waals surface area contributed by atoms with Crippen molar-refractivity contribution in [3.8, 4) is 12.1 Å². The number of rotatable bonds is 4. The number of aromatic nitrogens is 2. The molecule has 0 bridgehead atoms. The zero-order chi connectivity index (χ0) is 21.4. The molecule has 0 amide bonds. The standard InChI is InChI=1S/C24H26N6O/c1-31-13-12-28-9-8-18-19(15-26)23-27-21-4-2-3-5-22(21)30(23)24(20(18)16-28)29-10-6-17(14-25)7-11-29/h2-5,17H,6-13,16H2,1H3. The number of benzene rings is 1. The Balaban J connectivity index is 1.74. The van der Waals surface area contributed by atoms with E-state index in [1.165, 1.54) is 5.56 Å². The van der Waals surface area contributed by atoms with Crippen LogP contribution in [-0.2, 0) is 17.7 Å². The van der Waals surface area contributed by atoms with Crippen LogP contribution in [0.5, 0.6) is 0 Å². The van der Waals surface area contributed by atoms with E-state index in [0.717, 1.165) is 80.0 Å². The summed E-state index contributed by atoms with van der Waals surface area (Å²) in [6, 6.07) is 13.0. The van der Waals surface area contributed by atoms with E-state index in [-0.39, 0.29) is 5.92 Å². The quantitative estimate of drug-likeness (QED) is 0.653. The van der Waals surface area contributed by atoms with Crippen molar-refractivity contribution in [1.82, 2.24) is 14.3 Å². The van der Waals surface area contributed by atoms with Crippen LogP contribution in [0.3, 0.4) is 0 Å². The number of nitriles is 2. The van der Waals surface area contributed by atoms with Crippen molar-refractivity contribution < 1.29 is 4.74 Å². The molecular formula is C24H26N6O. The molecule has 5 rings (SSSR count). The first-order valence-corrected chi connectivity index (χ1v) is 11.0. The summed E-state index contributed by atoms with van der Waals surface area (Å²) in [7, 11) is 1.73. The molecular weight excluding hydrogens is 388 g/mol. The Kier molecular flexibility index (Phi) is 5.23. The molecule has 158 valence electrons. The molecule has 1 saturated heterocycles. The molecule has 0 aliphatic carbocycles. The van der Waals surface area contributed by atoms with E-state index in [0.29, 0.717) is 12.2 Å². The van der Waals surface area contributed by atoms with E-state index in [4.69, 9.17) is 9.72 Å². The number of hydrogen-bond donors (Lipinski definition) is 0. The fourth-order valence-corrected chi connectivity index (χ4v) is 5.06. The van der Waals surface area contributed by atoms with Gasteiger partial charge in [0.1, 0.15) is 11.9 Å². The van der Waals surface area contributed by atoms with Crippen molar-refractivity contribution in [3.05, 3.63) is 41.0 Å². The lowest BCUT2D eigenvalue weighted by molar-refractivity contribution is 0.140. The summed E-state index contributed by atoms with van der Waals surface area (Å²) in [5.41, 5.74) is 5.76. The largest absolute Gasteiger partial charge is 0.383 e. The Morgan fingerprint density at radius 1 is 1.13 bits per heavy atom. The van der Waals surface area contributed by atoms with Crippen molar-refractivity contribution in [2.75, 3.05) is 44.8 Å². The average molecular weight is 415 g/mol. The number of anilines is 1. The molecule has 1 fully saturated rings. The van der Waals surface area contributed by atoms with Gasteiger partial charge in [-0.25, -0.2) is 4.98 Å². The first kappa shape index (κ1) is 19.8. The van der Waals surface area contributed by atoms with Gasteiger partial charge in [-0.1, -0.05) is 12.1 Å². The van der Waals surface area contributed by atoms with E-state index in [9.17, 15) is 10.5 Å². The van der Waals surface area contributed by atoms with E-state index >= 15 is 0 Å². The van der Waals surface area contributed by atoms with Gasteiger partial charge in [-0.2, -0.15) is 10.5 Å². The fourth-order valence-electron chi connectivity index (χ4n) is 5.06. The first-order valence-electron chi connectivity index (χ1n) is 11.0. The van der Waals surface area contributed by atoms with Gasteiger partial charge in [0.2, 0.25) is 0 Å². The minimum absolute atomic E-state index is 0.124. The predicted molar refractivity (Wildman–Crippen MR) is 119 cm³/mol. The van der Waals surface area contributed by atoms with Gasteiger partial charge >= 0.3 is 0 Å². The number of pyridine rings is 1. The zero-order valence-corrected chi connectivity index (χ0v) is 17.8. The first-order chi connectivity index (χ1) is 15.2. The Morgan fingerprint density at radius 2 is 1.94 bits per heavy atom. The van der Waals surface area contributed by atoms with E-state index < -0.39 is 0 Å². The minimum atomic E-state index is 0.124. The number of ether oxygens (including phenoxy) is 1. The number of piperidine rings is 1. The molecule has 0 spiro atoms. The molecule has 1 aromatic carbocycles. The van der Waals surface area contributed by atoms with Gasteiger partial charge in [-0.15, -0.1) is 0 Å². The van der Waals surface area contributed by atoms with Crippen LogP contribution in [-0.4, -0.2) is 54.2 Å². The number of hydrogen-bond acceptors (Lipinski definition) is 6. The smallest absolute Gasteiger partial charge is 0.157 e. The maximum Gasteiger partial charge on any atom is 0.157 e. The topological polar surface area (TPSA) is 80.6 Å². The Hall–Kier alpha value is -3.13.